The van der Waals surface area contributed by atoms with Crippen LogP contribution in [0.4, 0.5) is 0 Å². The van der Waals surface area contributed by atoms with Crippen LogP contribution in [0, 0.1) is 6.92 Å². The van der Waals surface area contributed by atoms with Gasteiger partial charge in [0.25, 0.3) is 10.0 Å². The van der Waals surface area contributed by atoms with E-state index in [4.69, 9.17) is 11.6 Å². The second-order valence-corrected chi connectivity index (χ2v) is 7.48. The smallest absolute Gasteiger partial charge is 0.265 e. The fraction of sp³-hybridized carbons (Fsp3) is 0.462. The number of benzene rings is 1. The highest BCUT2D eigenvalue weighted by Gasteiger charge is 2.23. The lowest BCUT2D eigenvalue weighted by Crippen LogP contribution is -2.48. The molecule has 0 unspecified atom stereocenters. The van der Waals surface area contributed by atoms with Crippen molar-refractivity contribution in [3.63, 3.8) is 0 Å². The van der Waals surface area contributed by atoms with Crippen molar-refractivity contribution in [2.75, 3.05) is 6.54 Å². The number of nitrogens with one attached hydrogen (secondary N) is 2. The van der Waals surface area contributed by atoms with Crippen LogP contribution in [-0.4, -0.2) is 27.0 Å². The van der Waals surface area contributed by atoms with Gasteiger partial charge in [0, 0.05) is 22.5 Å². The minimum absolute atomic E-state index is 0.0934. The van der Waals surface area contributed by atoms with Gasteiger partial charge in [-0.15, -0.1) is 12.6 Å². The van der Waals surface area contributed by atoms with Gasteiger partial charge in [-0.2, -0.15) is 0 Å². The van der Waals surface area contributed by atoms with Crippen molar-refractivity contribution in [3.05, 3.63) is 22.7 Å². The summed E-state index contributed by atoms with van der Waals surface area (Å²) in [6.07, 6.45) is 1.82. The number of hydrogen-bond acceptors (Lipinski definition) is 5. The van der Waals surface area contributed by atoms with E-state index in [1.165, 1.54) is 12.1 Å². The molecule has 0 aromatic heterocycles. The van der Waals surface area contributed by atoms with E-state index in [9.17, 15) is 8.42 Å². The van der Waals surface area contributed by atoms with Crippen molar-refractivity contribution in [1.29, 1.82) is 0 Å². The molecule has 8 heteroatoms. The summed E-state index contributed by atoms with van der Waals surface area (Å²) in [6, 6.07) is 3.27. The standard InChI is InChI=1S/C13H18ClN3O2S2/c1-3-9-4-5-15-13(16-9)17-21(18,19)12-6-8(2)10(14)7-11(12)20/h6-7,9,20H,3-5H2,1-2H3,(H2,15,16,17)/t9-/m0/s1. The quantitative estimate of drug-likeness (QED) is 0.735. The minimum Gasteiger partial charge on any atom is -0.353 e. The van der Waals surface area contributed by atoms with Crippen LogP contribution in [0.3, 0.4) is 0 Å². The van der Waals surface area contributed by atoms with Gasteiger partial charge < -0.3 is 5.32 Å². The van der Waals surface area contributed by atoms with Gasteiger partial charge in [0.2, 0.25) is 5.96 Å². The van der Waals surface area contributed by atoms with E-state index in [0.29, 0.717) is 22.0 Å². The molecule has 0 spiro atoms. The van der Waals surface area contributed by atoms with Crippen LogP contribution in [0.15, 0.2) is 26.9 Å². The molecule has 1 aliphatic rings. The second-order valence-electron chi connectivity index (χ2n) is 4.94. The number of hydrogen-bond donors (Lipinski definition) is 3. The van der Waals surface area contributed by atoms with E-state index in [0.717, 1.165) is 12.8 Å². The van der Waals surface area contributed by atoms with E-state index in [2.05, 4.69) is 27.7 Å². The van der Waals surface area contributed by atoms with Gasteiger partial charge in [-0.1, -0.05) is 18.5 Å². The average Bonchev–Trinajstić information content (AvgIpc) is 2.42. The number of aliphatic imine (C=N–C) groups is 1. The Labute approximate surface area is 135 Å². The molecule has 116 valence electrons. The number of halogens is 1. The van der Waals surface area contributed by atoms with Gasteiger partial charge in [-0.05, 0) is 37.5 Å². The number of rotatable bonds is 3. The zero-order valence-corrected chi connectivity index (χ0v) is 14.3. The largest absolute Gasteiger partial charge is 0.353 e. The number of guanidine groups is 1. The van der Waals surface area contributed by atoms with Crippen molar-refractivity contribution in [2.45, 2.75) is 42.5 Å². The Hall–Kier alpha value is -0.920. The fourth-order valence-electron chi connectivity index (χ4n) is 2.05. The first-order valence-corrected chi connectivity index (χ1v) is 8.97. The fourth-order valence-corrected chi connectivity index (χ4v) is 4.00. The Kier molecular flexibility index (Phi) is 5.06. The molecule has 5 nitrogen and oxygen atoms in total. The maximum atomic E-state index is 12.5. The Bertz CT molecular complexity index is 674. The molecule has 1 aromatic carbocycles. The average molecular weight is 348 g/mol. The first-order valence-electron chi connectivity index (χ1n) is 6.66. The molecule has 1 heterocycles. The molecule has 0 bridgehead atoms. The van der Waals surface area contributed by atoms with Crippen LogP contribution in [-0.2, 0) is 10.0 Å². The number of aryl methyl sites for hydroxylation is 1. The summed E-state index contributed by atoms with van der Waals surface area (Å²) >= 11 is 10.2. The van der Waals surface area contributed by atoms with Crippen LogP contribution in [0.1, 0.15) is 25.3 Å². The van der Waals surface area contributed by atoms with Crippen LogP contribution >= 0.6 is 24.2 Å². The highest BCUT2D eigenvalue weighted by atomic mass is 35.5. The molecule has 21 heavy (non-hydrogen) atoms. The normalized spacial score (nSPS) is 18.9. The van der Waals surface area contributed by atoms with Crippen LogP contribution in [0.2, 0.25) is 5.02 Å². The summed E-state index contributed by atoms with van der Waals surface area (Å²) < 4.78 is 27.4. The van der Waals surface area contributed by atoms with Gasteiger partial charge in [0.05, 0.1) is 0 Å². The summed E-state index contributed by atoms with van der Waals surface area (Å²) in [5.41, 5.74) is 0.680. The molecular formula is C13H18ClN3O2S2. The zero-order valence-electron chi connectivity index (χ0n) is 11.9. The van der Waals surface area contributed by atoms with Gasteiger partial charge in [-0.25, -0.2) is 13.1 Å². The Morgan fingerprint density at radius 2 is 2.24 bits per heavy atom. The molecule has 0 radical (unpaired) electrons. The summed E-state index contributed by atoms with van der Waals surface area (Å²) in [7, 11) is -3.74. The summed E-state index contributed by atoms with van der Waals surface area (Å²) in [6.45, 7) is 4.40. The third kappa shape index (κ3) is 3.84. The van der Waals surface area contributed by atoms with Gasteiger partial charge in [0.15, 0.2) is 0 Å². The van der Waals surface area contributed by atoms with Crippen molar-refractivity contribution in [3.8, 4) is 0 Å². The SMILES string of the molecule is CC[C@H]1CCN=C(NS(=O)(=O)c2cc(C)c(Cl)cc2S)N1. The van der Waals surface area contributed by atoms with E-state index in [-0.39, 0.29) is 16.9 Å². The van der Waals surface area contributed by atoms with Crippen LogP contribution in [0.5, 0.6) is 0 Å². The molecule has 0 saturated carbocycles. The van der Waals surface area contributed by atoms with E-state index in [1.54, 1.807) is 6.92 Å². The Morgan fingerprint density at radius 1 is 1.52 bits per heavy atom. The van der Waals surface area contributed by atoms with Crippen LogP contribution in [0.25, 0.3) is 0 Å². The van der Waals surface area contributed by atoms with E-state index in [1.807, 2.05) is 6.92 Å². The topological polar surface area (TPSA) is 70.6 Å². The van der Waals surface area contributed by atoms with Gasteiger partial charge in [-0.3, -0.25) is 4.99 Å². The number of thiol groups is 1. The summed E-state index contributed by atoms with van der Waals surface area (Å²) in [5, 5.41) is 3.57. The maximum absolute atomic E-state index is 12.5. The third-order valence-electron chi connectivity index (χ3n) is 3.34. The molecule has 0 fully saturated rings. The second kappa shape index (κ2) is 6.46. The lowest BCUT2D eigenvalue weighted by molar-refractivity contribution is 0.521. The zero-order chi connectivity index (χ0) is 15.6. The van der Waals surface area contributed by atoms with Crippen molar-refractivity contribution < 1.29 is 8.42 Å². The molecule has 1 atom stereocenters. The molecule has 0 saturated heterocycles. The van der Waals surface area contributed by atoms with Gasteiger partial charge in [0.1, 0.15) is 4.90 Å². The molecule has 0 aliphatic carbocycles. The molecule has 2 N–H and O–H groups in total. The molecule has 1 aromatic rings. The highest BCUT2D eigenvalue weighted by Crippen LogP contribution is 2.26. The number of sulfonamides is 1. The molecule has 1 aliphatic heterocycles. The lowest BCUT2D eigenvalue weighted by atomic mass is 10.1. The number of nitrogens with zero attached hydrogens (tertiary/aromatic N) is 1. The van der Waals surface area contributed by atoms with Crippen molar-refractivity contribution in [2.24, 2.45) is 4.99 Å². The predicted molar refractivity (Wildman–Crippen MR) is 87.9 cm³/mol. The predicted octanol–water partition coefficient (Wildman–Crippen LogP) is 2.34. The first kappa shape index (κ1) is 16.5. The highest BCUT2D eigenvalue weighted by molar-refractivity contribution is 7.91. The summed E-state index contributed by atoms with van der Waals surface area (Å²) in [4.78, 5) is 4.57. The Balaban J connectivity index is 2.27. The first-order chi connectivity index (χ1) is 9.83. The van der Waals surface area contributed by atoms with E-state index >= 15 is 0 Å². The minimum atomic E-state index is -3.74. The van der Waals surface area contributed by atoms with Crippen molar-refractivity contribution in [1.82, 2.24) is 10.0 Å². The monoisotopic (exact) mass is 347 g/mol. The van der Waals surface area contributed by atoms with E-state index < -0.39 is 10.0 Å². The Morgan fingerprint density at radius 3 is 2.90 bits per heavy atom. The molecule has 0 amide bonds. The third-order valence-corrected chi connectivity index (χ3v) is 5.65. The van der Waals surface area contributed by atoms with Gasteiger partial charge >= 0.3 is 0 Å². The lowest BCUT2D eigenvalue weighted by Gasteiger charge is -2.24. The summed E-state index contributed by atoms with van der Waals surface area (Å²) in [5.74, 6) is 0.286. The maximum Gasteiger partial charge on any atom is 0.265 e. The molecular weight excluding hydrogens is 330 g/mol. The van der Waals surface area contributed by atoms with Crippen molar-refractivity contribution >= 4 is 40.2 Å². The molecule has 2 rings (SSSR count). The van der Waals surface area contributed by atoms with Crippen LogP contribution < -0.4 is 10.0 Å².